The van der Waals surface area contributed by atoms with Crippen LogP contribution in [0.2, 0.25) is 0 Å². The van der Waals surface area contributed by atoms with Gasteiger partial charge >= 0.3 is 0 Å². The van der Waals surface area contributed by atoms with E-state index in [9.17, 15) is 0 Å². The van der Waals surface area contributed by atoms with Crippen LogP contribution in [0.15, 0.2) is 12.2 Å². The summed E-state index contributed by atoms with van der Waals surface area (Å²) < 4.78 is 0. The average Bonchev–Trinajstić information content (AvgIpc) is 2.16. The molecule has 2 N–H and O–H groups in total. The molecule has 0 aromatic carbocycles. The van der Waals surface area contributed by atoms with Crippen LogP contribution >= 0.6 is 0 Å². The van der Waals surface area contributed by atoms with Crippen LogP contribution in [0.25, 0.3) is 0 Å². The van der Waals surface area contributed by atoms with Gasteiger partial charge in [0.2, 0.25) is 0 Å². The van der Waals surface area contributed by atoms with Gasteiger partial charge in [-0.05, 0) is 49.4 Å². The van der Waals surface area contributed by atoms with Gasteiger partial charge in [-0.15, -0.1) is 0 Å². The van der Waals surface area contributed by atoms with Crippen molar-refractivity contribution in [2.24, 2.45) is 28.9 Å². The maximum atomic E-state index is 6.55. The highest BCUT2D eigenvalue weighted by Crippen LogP contribution is 2.53. The van der Waals surface area contributed by atoms with Crippen LogP contribution in [-0.2, 0) is 0 Å². The Bertz CT molecular complexity index is 281. The molecule has 2 fully saturated rings. The fraction of sp³-hybridized carbons (Fsp3) is 0.867. The second-order valence-corrected chi connectivity index (χ2v) is 6.67. The molecule has 0 aromatic rings. The van der Waals surface area contributed by atoms with Gasteiger partial charge in [-0.25, -0.2) is 0 Å². The summed E-state index contributed by atoms with van der Waals surface area (Å²) in [4.78, 5) is 0. The number of hydrogen-bond acceptors (Lipinski definition) is 1. The Balaban J connectivity index is 2.24. The van der Waals surface area contributed by atoms with E-state index in [2.05, 4.69) is 27.4 Å². The molecule has 92 valence electrons. The third-order valence-corrected chi connectivity index (χ3v) is 5.22. The van der Waals surface area contributed by atoms with Gasteiger partial charge in [-0.3, -0.25) is 0 Å². The predicted octanol–water partition coefficient (Wildman–Crippen LogP) is 3.74. The maximum absolute atomic E-state index is 6.55. The van der Waals surface area contributed by atoms with Gasteiger partial charge in [0.1, 0.15) is 0 Å². The molecular weight excluding hydrogens is 194 g/mol. The lowest BCUT2D eigenvalue weighted by Crippen LogP contribution is -2.53. The highest BCUT2D eigenvalue weighted by molar-refractivity contribution is 5.16. The monoisotopic (exact) mass is 221 g/mol. The Hall–Kier alpha value is -0.300. The van der Waals surface area contributed by atoms with Crippen molar-refractivity contribution in [1.29, 1.82) is 0 Å². The largest absolute Gasteiger partial charge is 0.327 e. The maximum Gasteiger partial charge on any atom is 0.0141 e. The van der Waals surface area contributed by atoms with E-state index in [0.29, 0.717) is 29.2 Å². The van der Waals surface area contributed by atoms with E-state index in [1.54, 1.807) is 0 Å². The van der Waals surface area contributed by atoms with Crippen molar-refractivity contribution in [2.45, 2.75) is 58.9 Å². The van der Waals surface area contributed by atoms with E-state index >= 15 is 0 Å². The summed E-state index contributed by atoms with van der Waals surface area (Å²) in [5.41, 5.74) is 8.44. The summed E-state index contributed by atoms with van der Waals surface area (Å²) in [6.07, 6.45) is 6.56. The molecule has 1 nitrogen and oxygen atoms in total. The fourth-order valence-electron chi connectivity index (χ4n) is 4.25. The Kier molecular flexibility index (Phi) is 3.18. The molecule has 0 aromatic heterocycles. The van der Waals surface area contributed by atoms with E-state index in [1.807, 2.05) is 0 Å². The Morgan fingerprint density at radius 2 is 2.06 bits per heavy atom. The van der Waals surface area contributed by atoms with Crippen molar-refractivity contribution >= 4 is 0 Å². The minimum Gasteiger partial charge on any atom is -0.327 e. The molecule has 2 aliphatic rings. The average molecular weight is 221 g/mol. The quantitative estimate of drug-likeness (QED) is 0.671. The van der Waals surface area contributed by atoms with Crippen LogP contribution in [0.1, 0.15) is 52.9 Å². The van der Waals surface area contributed by atoms with E-state index in [4.69, 9.17) is 5.73 Å². The number of nitrogens with two attached hydrogens (primary N) is 1. The minimum atomic E-state index is 0.353. The molecule has 2 rings (SSSR count). The summed E-state index contributed by atoms with van der Waals surface area (Å²) >= 11 is 0. The van der Waals surface area contributed by atoms with E-state index < -0.39 is 0 Å². The first-order valence-electron chi connectivity index (χ1n) is 6.89. The van der Waals surface area contributed by atoms with Crippen LogP contribution in [0.3, 0.4) is 0 Å². The first-order chi connectivity index (χ1) is 7.46. The summed E-state index contributed by atoms with van der Waals surface area (Å²) in [6.45, 7) is 11.4. The van der Waals surface area contributed by atoms with Crippen LogP contribution < -0.4 is 5.73 Å². The van der Waals surface area contributed by atoms with Crippen molar-refractivity contribution in [3.05, 3.63) is 12.2 Å². The number of rotatable bonds is 1. The highest BCUT2D eigenvalue weighted by Gasteiger charge is 2.47. The van der Waals surface area contributed by atoms with Gasteiger partial charge in [-0.2, -0.15) is 0 Å². The first kappa shape index (κ1) is 12.2. The first-order valence-corrected chi connectivity index (χ1v) is 6.89. The predicted molar refractivity (Wildman–Crippen MR) is 70.1 cm³/mol. The van der Waals surface area contributed by atoms with Crippen LogP contribution in [0.4, 0.5) is 0 Å². The molecule has 1 heteroatoms. The summed E-state index contributed by atoms with van der Waals surface area (Å²) in [6, 6.07) is 0.353. The second-order valence-electron chi connectivity index (χ2n) is 6.67. The highest BCUT2D eigenvalue weighted by atomic mass is 14.7. The van der Waals surface area contributed by atoms with Crippen molar-refractivity contribution in [3.63, 3.8) is 0 Å². The molecule has 0 unspecified atom stereocenters. The molecule has 2 saturated carbocycles. The second kappa shape index (κ2) is 4.18. The van der Waals surface area contributed by atoms with E-state index in [1.165, 1.54) is 37.7 Å². The minimum absolute atomic E-state index is 0.353. The zero-order chi connectivity index (χ0) is 11.9. The Morgan fingerprint density at radius 3 is 2.69 bits per heavy atom. The molecule has 0 saturated heterocycles. The van der Waals surface area contributed by atoms with Crippen LogP contribution in [-0.4, -0.2) is 6.04 Å². The lowest BCUT2D eigenvalue weighted by atomic mass is 9.54. The normalized spacial score (nSPS) is 44.6. The molecule has 2 aliphatic carbocycles. The van der Waals surface area contributed by atoms with Crippen molar-refractivity contribution in [3.8, 4) is 0 Å². The molecular formula is C15H27N. The summed E-state index contributed by atoms with van der Waals surface area (Å²) in [7, 11) is 0. The third-order valence-electron chi connectivity index (χ3n) is 5.22. The SMILES string of the molecule is C=C1CCC[C@]2(C)CC[C@@H](C(C)C)[C@H](N)[C@@H]12. The molecule has 0 bridgehead atoms. The molecule has 0 radical (unpaired) electrons. The Morgan fingerprint density at radius 1 is 1.38 bits per heavy atom. The summed E-state index contributed by atoms with van der Waals surface area (Å²) in [5.74, 6) is 2.00. The lowest BCUT2D eigenvalue weighted by molar-refractivity contribution is 0.0371. The van der Waals surface area contributed by atoms with E-state index in [0.717, 1.165) is 0 Å². The molecule has 4 atom stereocenters. The lowest BCUT2D eigenvalue weighted by Gasteiger charge is -2.53. The zero-order valence-electron chi connectivity index (χ0n) is 11.1. The van der Waals surface area contributed by atoms with Gasteiger partial charge in [0.05, 0.1) is 0 Å². The zero-order valence-corrected chi connectivity index (χ0v) is 11.1. The van der Waals surface area contributed by atoms with E-state index in [-0.39, 0.29) is 0 Å². The topological polar surface area (TPSA) is 26.0 Å². The van der Waals surface area contributed by atoms with Gasteiger partial charge in [0, 0.05) is 12.0 Å². The molecule has 0 aliphatic heterocycles. The number of hydrogen-bond donors (Lipinski definition) is 1. The molecule has 16 heavy (non-hydrogen) atoms. The van der Waals surface area contributed by atoms with Gasteiger partial charge in [0.25, 0.3) is 0 Å². The molecule has 0 heterocycles. The van der Waals surface area contributed by atoms with Gasteiger partial charge in [0.15, 0.2) is 0 Å². The number of fused-ring (bicyclic) bond motifs is 1. The molecule has 0 amide bonds. The standard InChI is InChI=1S/C15H27N/c1-10(2)12-7-9-15(4)8-5-6-11(3)13(15)14(12)16/h10,12-14H,3,5-9,16H2,1-2,4H3/t12-,13+,14-,15+/m0/s1. The summed E-state index contributed by atoms with van der Waals surface area (Å²) in [5, 5.41) is 0. The third kappa shape index (κ3) is 1.84. The Labute approximate surface area is 100 Å². The van der Waals surface area contributed by atoms with Crippen molar-refractivity contribution in [1.82, 2.24) is 0 Å². The van der Waals surface area contributed by atoms with Crippen molar-refractivity contribution < 1.29 is 0 Å². The van der Waals surface area contributed by atoms with Crippen LogP contribution in [0.5, 0.6) is 0 Å². The fourth-order valence-corrected chi connectivity index (χ4v) is 4.25. The van der Waals surface area contributed by atoms with Gasteiger partial charge in [-0.1, -0.05) is 32.9 Å². The van der Waals surface area contributed by atoms with Crippen molar-refractivity contribution in [2.75, 3.05) is 0 Å². The van der Waals surface area contributed by atoms with Gasteiger partial charge < -0.3 is 5.73 Å². The molecule has 0 spiro atoms. The van der Waals surface area contributed by atoms with Crippen LogP contribution in [0, 0.1) is 23.2 Å². The smallest absolute Gasteiger partial charge is 0.0141 e.